The van der Waals surface area contributed by atoms with Crippen LogP contribution in [0.2, 0.25) is 0 Å². The predicted octanol–water partition coefficient (Wildman–Crippen LogP) is 17.0. The van der Waals surface area contributed by atoms with Crippen LogP contribution in [0, 0.1) is 0 Å². The molecule has 0 aliphatic heterocycles. The molecule has 10 heteroatoms. The van der Waals surface area contributed by atoms with Gasteiger partial charge in [0.25, 0.3) is 0 Å². The molecule has 0 aromatic heterocycles. The van der Waals surface area contributed by atoms with Gasteiger partial charge in [0.15, 0.2) is 0 Å². The number of hydrogen-bond acceptors (Lipinski definition) is 6. The van der Waals surface area contributed by atoms with Crippen molar-refractivity contribution in [3.63, 3.8) is 0 Å². The molecule has 3 atom stereocenters. The second-order valence-corrected chi connectivity index (χ2v) is 21.5. The zero-order chi connectivity index (χ0) is 51.5. The molecule has 3 unspecified atom stereocenters. The van der Waals surface area contributed by atoms with Crippen molar-refractivity contribution in [3.8, 4) is 0 Å². The van der Waals surface area contributed by atoms with Crippen LogP contribution in [0.1, 0.15) is 233 Å². The maximum atomic E-state index is 13.5. The number of phosphoric ester groups is 1. The van der Waals surface area contributed by atoms with Gasteiger partial charge >= 0.3 is 13.8 Å². The molecule has 9 nitrogen and oxygen atoms in total. The van der Waals surface area contributed by atoms with Gasteiger partial charge in [-0.3, -0.25) is 18.6 Å². The van der Waals surface area contributed by atoms with Crippen molar-refractivity contribution in [2.75, 3.05) is 40.9 Å². The number of quaternary nitrogens is 1. The Morgan fingerprint density at radius 2 is 0.929 bits per heavy atom. The lowest BCUT2D eigenvalue weighted by atomic mass is 10.1. The van der Waals surface area contributed by atoms with Crippen molar-refractivity contribution < 1.29 is 37.3 Å². The Morgan fingerprint density at radius 1 is 0.514 bits per heavy atom. The number of likely N-dealkylation sites (N-methyl/N-ethyl adjacent to an activating group) is 1. The molecule has 0 saturated carbocycles. The molecule has 0 bridgehead atoms. The maximum absolute atomic E-state index is 13.5. The third-order valence-electron chi connectivity index (χ3n) is 12.1. The molecule has 0 aliphatic carbocycles. The van der Waals surface area contributed by atoms with Gasteiger partial charge in [0.05, 0.1) is 33.8 Å². The van der Waals surface area contributed by atoms with E-state index in [1.165, 1.54) is 103 Å². The molecule has 0 spiro atoms. The smallest absolute Gasteiger partial charge is 0.456 e. The number of carbonyl (C=O) groups is 2. The summed E-state index contributed by atoms with van der Waals surface area (Å²) in [6.07, 6.45) is 64.4. The first kappa shape index (κ1) is 67.2. The molecule has 1 amide bonds. The first-order chi connectivity index (χ1) is 33.9. The number of amides is 1. The minimum atomic E-state index is -4.46. The molecule has 70 heavy (non-hydrogen) atoms. The number of esters is 1. The van der Waals surface area contributed by atoms with Gasteiger partial charge in [-0.15, -0.1) is 0 Å². The Bertz CT molecular complexity index is 1480. The average Bonchev–Trinajstić information content (AvgIpc) is 3.32. The molecule has 0 aliphatic rings. The average molecular weight is 1000 g/mol. The van der Waals surface area contributed by atoms with Crippen molar-refractivity contribution in [1.82, 2.24) is 5.32 Å². The highest BCUT2D eigenvalue weighted by Crippen LogP contribution is 2.43. The van der Waals surface area contributed by atoms with E-state index in [2.05, 4.69) is 99.0 Å². The fourth-order valence-electron chi connectivity index (χ4n) is 7.67. The van der Waals surface area contributed by atoms with Crippen LogP contribution in [0.15, 0.2) is 85.1 Å². The number of nitrogens with one attached hydrogen (secondary N) is 1. The number of ether oxygens (including phenoxy) is 1. The van der Waals surface area contributed by atoms with Crippen molar-refractivity contribution in [2.24, 2.45) is 0 Å². The van der Waals surface area contributed by atoms with Crippen LogP contribution >= 0.6 is 7.82 Å². The number of allylic oxidation sites excluding steroid dienone is 13. The normalized spacial score (nSPS) is 14.4. The molecule has 0 fully saturated rings. The Kier molecular flexibility index (Phi) is 47.8. The number of phosphoric acid groups is 1. The van der Waals surface area contributed by atoms with E-state index in [0.29, 0.717) is 17.4 Å². The third-order valence-corrected chi connectivity index (χ3v) is 13.1. The van der Waals surface area contributed by atoms with Gasteiger partial charge in [0.1, 0.15) is 19.3 Å². The van der Waals surface area contributed by atoms with Gasteiger partial charge in [-0.1, -0.05) is 209 Å². The largest absolute Gasteiger partial charge is 0.472 e. The van der Waals surface area contributed by atoms with Crippen LogP contribution < -0.4 is 5.32 Å². The zero-order valence-electron chi connectivity index (χ0n) is 46.0. The summed E-state index contributed by atoms with van der Waals surface area (Å²) in [5, 5.41) is 3.01. The summed E-state index contributed by atoms with van der Waals surface area (Å²) in [5.74, 6) is -0.582. The topological polar surface area (TPSA) is 111 Å². The minimum Gasteiger partial charge on any atom is -0.456 e. The zero-order valence-corrected chi connectivity index (χ0v) is 46.9. The van der Waals surface area contributed by atoms with Gasteiger partial charge in [-0.05, 0) is 96.0 Å². The first-order valence-corrected chi connectivity index (χ1v) is 29.9. The monoisotopic (exact) mass is 1000 g/mol. The van der Waals surface area contributed by atoms with Gasteiger partial charge in [-0.2, -0.15) is 0 Å². The lowest BCUT2D eigenvalue weighted by Crippen LogP contribution is -2.47. The molecular formula is C60H108N2O7P+. The highest BCUT2D eigenvalue weighted by atomic mass is 31.2. The van der Waals surface area contributed by atoms with Crippen LogP contribution in [0.3, 0.4) is 0 Å². The van der Waals surface area contributed by atoms with Crippen LogP contribution in [0.4, 0.5) is 0 Å². The van der Waals surface area contributed by atoms with E-state index < -0.39 is 20.0 Å². The number of carbonyl (C=O) groups excluding carboxylic acids is 2. The standard InChI is InChI=1S/C60H107N2O7P/c1-7-10-13-16-19-22-25-28-30-31-33-34-37-40-43-46-49-52-59(63)61-57(56-68-70(65,66)67-55-54-62(4,5)6)58(51-48-45-42-39-36-27-24-21-18-15-12-9-3)69-60(64)53-50-47-44-41-38-35-32-29-26-23-20-17-14-11-8-2/h10,13,19,22-23,26,28,30,33-34,40,43,48,51,57-58H,7-9,11-12,14-18,20-21,24-25,27,29,31-32,35-39,41-42,44-47,49-50,52-56H2,1-6H3,(H-,61,63,65,66)/p+1/b13-10-,22-19-,26-23-,30-28-,34-33-,43-40-,51-48+. The Hall–Kier alpha value is -2.81. The van der Waals surface area contributed by atoms with Crippen LogP contribution in [0.5, 0.6) is 0 Å². The van der Waals surface area contributed by atoms with Crippen LogP contribution in [0.25, 0.3) is 0 Å². The number of rotatable bonds is 50. The molecule has 2 N–H and O–H groups in total. The molecule has 0 radical (unpaired) electrons. The SMILES string of the molecule is CC/C=C\C/C=C\C/C=C\C/C=C\C/C=C\CCCC(=O)NC(COP(=O)(O)OCC[N+](C)(C)C)C(/C=C/CCCCCCCCCCCC)OC(=O)CCCCCCCCC/C=C\CCCCCC. The van der Waals surface area contributed by atoms with Gasteiger partial charge in [0.2, 0.25) is 5.91 Å². The number of hydrogen-bond donors (Lipinski definition) is 2. The summed E-state index contributed by atoms with van der Waals surface area (Å²) in [4.78, 5) is 37.5. The van der Waals surface area contributed by atoms with E-state index in [9.17, 15) is 19.0 Å². The van der Waals surface area contributed by atoms with E-state index in [1.54, 1.807) is 0 Å². The first-order valence-electron chi connectivity index (χ1n) is 28.4. The molecule has 0 rings (SSSR count). The summed E-state index contributed by atoms with van der Waals surface area (Å²) in [6.45, 7) is 6.82. The highest BCUT2D eigenvalue weighted by Gasteiger charge is 2.30. The molecular weight excluding hydrogens is 892 g/mol. The summed E-state index contributed by atoms with van der Waals surface area (Å²) in [6, 6.07) is -0.882. The van der Waals surface area contributed by atoms with Crippen molar-refractivity contribution in [3.05, 3.63) is 85.1 Å². The van der Waals surface area contributed by atoms with E-state index >= 15 is 0 Å². The van der Waals surface area contributed by atoms with E-state index in [4.69, 9.17) is 13.8 Å². The Labute approximate surface area is 431 Å². The Morgan fingerprint density at radius 3 is 1.43 bits per heavy atom. The lowest BCUT2D eigenvalue weighted by Gasteiger charge is -2.27. The quantitative estimate of drug-likeness (QED) is 0.0205. The number of nitrogens with zero attached hydrogens (tertiary/aromatic N) is 1. The van der Waals surface area contributed by atoms with Crippen molar-refractivity contribution in [2.45, 2.75) is 245 Å². The molecule has 0 saturated heterocycles. The highest BCUT2D eigenvalue weighted by molar-refractivity contribution is 7.47. The maximum Gasteiger partial charge on any atom is 0.472 e. The molecule has 404 valence electrons. The van der Waals surface area contributed by atoms with Crippen molar-refractivity contribution >= 4 is 19.7 Å². The van der Waals surface area contributed by atoms with Gasteiger partial charge in [0, 0.05) is 12.8 Å². The molecule has 0 heterocycles. The van der Waals surface area contributed by atoms with Crippen LogP contribution in [-0.2, 0) is 27.9 Å². The van der Waals surface area contributed by atoms with Gasteiger partial charge in [-0.25, -0.2) is 4.57 Å². The van der Waals surface area contributed by atoms with Crippen molar-refractivity contribution in [1.29, 1.82) is 0 Å². The van der Waals surface area contributed by atoms with E-state index in [0.717, 1.165) is 89.9 Å². The summed E-state index contributed by atoms with van der Waals surface area (Å²) >= 11 is 0. The second kappa shape index (κ2) is 49.8. The number of unbranched alkanes of at least 4 members (excludes halogenated alkanes) is 22. The Balaban J connectivity index is 5.47. The van der Waals surface area contributed by atoms with Gasteiger partial charge < -0.3 is 19.4 Å². The lowest BCUT2D eigenvalue weighted by molar-refractivity contribution is -0.870. The van der Waals surface area contributed by atoms with Crippen LogP contribution in [-0.4, -0.2) is 74.3 Å². The second-order valence-electron chi connectivity index (χ2n) is 20.1. The predicted molar refractivity (Wildman–Crippen MR) is 300 cm³/mol. The molecule has 0 aromatic rings. The van der Waals surface area contributed by atoms with E-state index in [-0.39, 0.29) is 37.9 Å². The summed E-state index contributed by atoms with van der Waals surface area (Å²) < 4.78 is 30.6. The fourth-order valence-corrected chi connectivity index (χ4v) is 8.41. The van der Waals surface area contributed by atoms with E-state index in [1.807, 2.05) is 33.3 Å². The summed E-state index contributed by atoms with van der Waals surface area (Å²) in [7, 11) is 1.45. The third kappa shape index (κ3) is 50.1. The minimum absolute atomic E-state index is 0.0257. The summed E-state index contributed by atoms with van der Waals surface area (Å²) in [5.41, 5.74) is 0. The fraction of sp³-hybridized carbons (Fsp3) is 0.733. The molecule has 0 aromatic carbocycles.